The van der Waals surface area contributed by atoms with E-state index in [2.05, 4.69) is 0 Å². The van der Waals surface area contributed by atoms with Crippen LogP contribution in [0.4, 0.5) is 4.39 Å². The fourth-order valence-electron chi connectivity index (χ4n) is 1.63. The Bertz CT molecular complexity index is 523. The second kappa shape index (κ2) is 12.4. The third kappa shape index (κ3) is 8.12. The highest BCUT2D eigenvalue weighted by Crippen LogP contribution is 2.39. The molecular formula is C16H23FO8. The minimum atomic E-state index is -0.696. The Hall–Kier alpha value is -1.94. The van der Waals surface area contributed by atoms with Crippen molar-refractivity contribution in [1.29, 1.82) is 0 Å². The fraction of sp³-hybridized carbons (Fsp3) is 0.562. The van der Waals surface area contributed by atoms with Crippen LogP contribution in [0.15, 0.2) is 12.1 Å². The maximum absolute atomic E-state index is 14.1. The molecule has 0 spiro atoms. The Morgan fingerprint density at radius 1 is 0.920 bits per heavy atom. The van der Waals surface area contributed by atoms with Crippen LogP contribution in [0, 0.1) is 5.82 Å². The van der Waals surface area contributed by atoms with E-state index in [1.807, 2.05) is 0 Å². The number of carbonyl (C=O) groups is 1. The van der Waals surface area contributed by atoms with Crippen LogP contribution in [0.3, 0.4) is 0 Å². The summed E-state index contributed by atoms with van der Waals surface area (Å²) in [5.41, 5.74) is 0. The van der Waals surface area contributed by atoms with E-state index in [1.54, 1.807) is 0 Å². The molecule has 0 atom stereocenters. The number of methoxy groups -OCH3 is 2. The van der Waals surface area contributed by atoms with Gasteiger partial charge < -0.3 is 33.2 Å². The van der Waals surface area contributed by atoms with Crippen LogP contribution in [0.2, 0.25) is 0 Å². The van der Waals surface area contributed by atoms with Crippen molar-refractivity contribution in [3.8, 4) is 17.2 Å². The number of benzene rings is 1. The summed E-state index contributed by atoms with van der Waals surface area (Å²) in [4.78, 5) is 11.2. The molecule has 0 saturated heterocycles. The van der Waals surface area contributed by atoms with Crippen LogP contribution in [0.1, 0.15) is 6.92 Å². The van der Waals surface area contributed by atoms with Gasteiger partial charge in [-0.25, -0.2) is 4.39 Å². The highest BCUT2D eigenvalue weighted by Gasteiger charge is 2.19. The molecule has 1 rings (SSSR count). The van der Waals surface area contributed by atoms with Gasteiger partial charge in [0, 0.05) is 21.1 Å². The predicted molar refractivity (Wildman–Crippen MR) is 84.4 cm³/mol. The zero-order valence-corrected chi connectivity index (χ0v) is 14.5. The van der Waals surface area contributed by atoms with Gasteiger partial charge in [-0.2, -0.15) is 0 Å². The zero-order valence-electron chi connectivity index (χ0n) is 14.5. The molecule has 0 fully saturated rings. The molecule has 0 aromatic heterocycles. The largest absolute Gasteiger partial charge is 0.460 e. The second-order valence-electron chi connectivity index (χ2n) is 4.62. The Labute approximate surface area is 145 Å². The van der Waals surface area contributed by atoms with Gasteiger partial charge in [-0.15, -0.1) is 0 Å². The molecule has 0 bridgehead atoms. The summed E-state index contributed by atoms with van der Waals surface area (Å²) >= 11 is 0. The van der Waals surface area contributed by atoms with E-state index in [0.717, 1.165) is 6.07 Å². The van der Waals surface area contributed by atoms with E-state index < -0.39 is 11.8 Å². The van der Waals surface area contributed by atoms with Crippen LogP contribution in [-0.4, -0.2) is 60.2 Å². The third-order valence-electron chi connectivity index (χ3n) is 2.72. The molecule has 8 nitrogen and oxygen atoms in total. The normalized spacial score (nSPS) is 10.6. The Morgan fingerprint density at radius 2 is 1.48 bits per heavy atom. The Balaban J connectivity index is 2.80. The van der Waals surface area contributed by atoms with E-state index in [0.29, 0.717) is 13.2 Å². The van der Waals surface area contributed by atoms with Gasteiger partial charge in [-0.05, 0) is 12.1 Å². The second-order valence-corrected chi connectivity index (χ2v) is 4.62. The number of carbonyl (C=O) groups excluding carboxylic acids is 1. The number of esters is 1. The molecule has 0 aliphatic carbocycles. The summed E-state index contributed by atoms with van der Waals surface area (Å²) < 4.78 is 49.7. The van der Waals surface area contributed by atoms with Gasteiger partial charge >= 0.3 is 5.97 Å². The van der Waals surface area contributed by atoms with Crippen LogP contribution < -0.4 is 14.2 Å². The van der Waals surface area contributed by atoms with Crippen molar-refractivity contribution in [3.63, 3.8) is 0 Å². The highest BCUT2D eigenvalue weighted by atomic mass is 19.1. The van der Waals surface area contributed by atoms with E-state index in [1.165, 1.54) is 27.2 Å². The molecular weight excluding hydrogens is 339 g/mol. The molecule has 142 valence electrons. The lowest BCUT2D eigenvalue weighted by atomic mass is 10.3. The molecule has 0 aliphatic heterocycles. The summed E-state index contributed by atoms with van der Waals surface area (Å²) in [6, 6.07) is 2.36. The number of rotatable bonds is 13. The lowest BCUT2D eigenvalue weighted by Gasteiger charge is -2.16. The summed E-state index contributed by atoms with van der Waals surface area (Å²) in [6.45, 7) is 2.09. The summed E-state index contributed by atoms with van der Waals surface area (Å²) in [5, 5.41) is 0. The molecule has 1 aromatic rings. The van der Waals surface area contributed by atoms with Gasteiger partial charge in [0.1, 0.15) is 0 Å². The average molecular weight is 362 g/mol. The molecule has 0 saturated carbocycles. The van der Waals surface area contributed by atoms with Crippen molar-refractivity contribution >= 4 is 5.97 Å². The summed E-state index contributed by atoms with van der Waals surface area (Å²) in [6.07, 6.45) is 0. The number of ether oxygens (including phenoxy) is 7. The first kappa shape index (κ1) is 21.1. The van der Waals surface area contributed by atoms with Gasteiger partial charge in [-0.3, -0.25) is 4.79 Å². The fourth-order valence-corrected chi connectivity index (χ4v) is 1.63. The van der Waals surface area contributed by atoms with Crippen molar-refractivity contribution in [2.24, 2.45) is 0 Å². The first-order valence-electron chi connectivity index (χ1n) is 7.50. The molecule has 0 aliphatic rings. The van der Waals surface area contributed by atoms with Crippen LogP contribution >= 0.6 is 0 Å². The number of hydrogen-bond donors (Lipinski definition) is 0. The average Bonchev–Trinajstić information content (AvgIpc) is 2.58. The molecule has 1 aromatic carbocycles. The highest BCUT2D eigenvalue weighted by molar-refractivity contribution is 5.71. The molecule has 0 heterocycles. The molecule has 0 amide bonds. The molecule has 0 N–H and O–H groups in total. The molecule has 9 heteroatoms. The molecule has 25 heavy (non-hydrogen) atoms. The van der Waals surface area contributed by atoms with Crippen molar-refractivity contribution in [2.45, 2.75) is 6.92 Å². The monoisotopic (exact) mass is 362 g/mol. The van der Waals surface area contributed by atoms with Gasteiger partial charge in [0.2, 0.25) is 11.5 Å². The Kier molecular flexibility index (Phi) is 10.5. The van der Waals surface area contributed by atoms with E-state index in [4.69, 9.17) is 33.2 Å². The first-order valence-corrected chi connectivity index (χ1v) is 7.50. The van der Waals surface area contributed by atoms with Crippen LogP contribution in [0.25, 0.3) is 0 Å². The van der Waals surface area contributed by atoms with Gasteiger partial charge in [0.25, 0.3) is 0 Å². The predicted octanol–water partition coefficient (Wildman–Crippen LogP) is 1.75. The van der Waals surface area contributed by atoms with Gasteiger partial charge in [-0.1, -0.05) is 0 Å². The summed E-state index contributed by atoms with van der Waals surface area (Å²) in [5.74, 6) is -1.61. The SMILES string of the molecule is COCCOCOc1c(F)ccc(OC(C)=O)c1OCOCCOC. The van der Waals surface area contributed by atoms with Gasteiger partial charge in [0.15, 0.2) is 25.2 Å². The lowest BCUT2D eigenvalue weighted by molar-refractivity contribution is -0.132. The maximum atomic E-state index is 14.1. The van der Waals surface area contributed by atoms with Crippen LogP contribution in [0.5, 0.6) is 17.2 Å². The maximum Gasteiger partial charge on any atom is 0.308 e. The minimum Gasteiger partial charge on any atom is -0.460 e. The van der Waals surface area contributed by atoms with E-state index in [9.17, 15) is 9.18 Å². The smallest absolute Gasteiger partial charge is 0.308 e. The molecule has 0 unspecified atom stereocenters. The van der Waals surface area contributed by atoms with Crippen molar-refractivity contribution < 1.29 is 42.3 Å². The topological polar surface area (TPSA) is 81.7 Å². The van der Waals surface area contributed by atoms with Crippen molar-refractivity contribution in [2.75, 3.05) is 54.2 Å². The third-order valence-corrected chi connectivity index (χ3v) is 2.72. The van der Waals surface area contributed by atoms with Crippen molar-refractivity contribution in [3.05, 3.63) is 17.9 Å². The number of halogens is 1. The van der Waals surface area contributed by atoms with E-state index in [-0.39, 0.29) is 44.0 Å². The quantitative estimate of drug-likeness (QED) is 0.227. The minimum absolute atomic E-state index is 0.0103. The lowest BCUT2D eigenvalue weighted by Crippen LogP contribution is -2.13. The van der Waals surface area contributed by atoms with Gasteiger partial charge in [0.05, 0.1) is 26.4 Å². The Morgan fingerprint density at radius 3 is 2.00 bits per heavy atom. The van der Waals surface area contributed by atoms with E-state index >= 15 is 0 Å². The standard InChI is InChI=1S/C16H23FO8/c1-12(18)25-14-5-4-13(17)15(23-10-21-8-6-19-2)16(14)24-11-22-9-7-20-3/h4-5H,6-11H2,1-3H3. The summed E-state index contributed by atoms with van der Waals surface area (Å²) in [7, 11) is 3.06. The molecule has 0 radical (unpaired) electrons. The van der Waals surface area contributed by atoms with Crippen LogP contribution in [-0.2, 0) is 23.7 Å². The first-order chi connectivity index (χ1) is 12.1. The zero-order chi connectivity index (χ0) is 18.5. The van der Waals surface area contributed by atoms with Crippen molar-refractivity contribution in [1.82, 2.24) is 0 Å². The number of hydrogen-bond acceptors (Lipinski definition) is 8.